The molecule has 1 atom stereocenters. The maximum atomic E-state index is 13.6. The molecule has 2 aromatic heterocycles. The second kappa shape index (κ2) is 8.92. The van der Waals surface area contributed by atoms with Crippen LogP contribution in [0.3, 0.4) is 0 Å². The second-order valence-corrected chi connectivity index (χ2v) is 10.3. The van der Waals surface area contributed by atoms with Gasteiger partial charge in [0.25, 0.3) is 0 Å². The number of aromatic nitrogens is 2. The molecule has 7 rings (SSSR count). The molecule has 7 heteroatoms. The molecule has 2 heterocycles. The van der Waals surface area contributed by atoms with Crippen molar-refractivity contribution in [3.63, 3.8) is 0 Å². The molecule has 5 aromatic carbocycles. The zero-order valence-electron chi connectivity index (χ0n) is 20.3. The fourth-order valence-corrected chi connectivity index (χ4v) is 5.60. The standard InChI is InChI=1S/C32H19BrN2O4/c33-18-15-13-17(14-16-18)25(27-31(37)21-9-3-6-12-24(21)39-32(27)38)26-29-28(19-7-1-2-8-20(19)30(26)36)34-22-10-4-5-11-23(22)35-29/h1-16,25,36-37H. The maximum absolute atomic E-state index is 13.6. The third-order valence-corrected chi connectivity index (χ3v) is 7.65. The van der Waals surface area contributed by atoms with Crippen molar-refractivity contribution in [1.82, 2.24) is 9.97 Å². The number of fused-ring (bicyclic) bond motifs is 5. The summed E-state index contributed by atoms with van der Waals surface area (Å²) < 4.78 is 6.53. The highest BCUT2D eigenvalue weighted by atomic mass is 79.9. The van der Waals surface area contributed by atoms with Crippen LogP contribution in [0, 0.1) is 0 Å². The van der Waals surface area contributed by atoms with E-state index in [-0.39, 0.29) is 22.6 Å². The Morgan fingerprint density at radius 2 is 1.21 bits per heavy atom. The van der Waals surface area contributed by atoms with Crippen molar-refractivity contribution in [3.05, 3.63) is 129 Å². The minimum Gasteiger partial charge on any atom is -0.507 e. The van der Waals surface area contributed by atoms with Crippen LogP contribution in [0.4, 0.5) is 0 Å². The van der Waals surface area contributed by atoms with Crippen molar-refractivity contribution in [2.45, 2.75) is 5.92 Å². The van der Waals surface area contributed by atoms with Crippen LogP contribution in [0.2, 0.25) is 0 Å². The molecule has 0 aliphatic rings. The van der Waals surface area contributed by atoms with Gasteiger partial charge in [0.05, 0.1) is 38.9 Å². The first-order valence-corrected chi connectivity index (χ1v) is 13.1. The van der Waals surface area contributed by atoms with Crippen LogP contribution in [0.1, 0.15) is 22.6 Å². The molecule has 0 radical (unpaired) electrons. The number of halogens is 1. The highest BCUT2D eigenvalue weighted by molar-refractivity contribution is 9.10. The van der Waals surface area contributed by atoms with E-state index >= 15 is 0 Å². The molecule has 188 valence electrons. The van der Waals surface area contributed by atoms with Crippen LogP contribution < -0.4 is 5.63 Å². The molecule has 0 saturated heterocycles. The Bertz CT molecular complexity index is 2140. The normalized spacial score (nSPS) is 12.4. The number of aromatic hydroxyl groups is 2. The topological polar surface area (TPSA) is 96.5 Å². The van der Waals surface area contributed by atoms with E-state index in [0.717, 1.165) is 9.86 Å². The predicted octanol–water partition coefficient (Wildman–Crippen LogP) is 7.40. The Labute approximate surface area is 229 Å². The average molecular weight is 575 g/mol. The molecule has 0 spiro atoms. The lowest BCUT2D eigenvalue weighted by atomic mass is 9.82. The SMILES string of the molecule is O=c1oc2ccccc2c(O)c1C(c1ccc(Br)cc1)c1c(O)c2ccccc2c2nc3ccccc3nc12. The fourth-order valence-electron chi connectivity index (χ4n) is 5.34. The van der Waals surface area contributed by atoms with Crippen molar-refractivity contribution in [2.24, 2.45) is 0 Å². The molecule has 0 bridgehead atoms. The highest BCUT2D eigenvalue weighted by Crippen LogP contribution is 2.47. The Hall–Kier alpha value is -4.75. The number of nitrogens with zero attached hydrogens (tertiary/aromatic N) is 2. The molecule has 0 amide bonds. The summed E-state index contributed by atoms with van der Waals surface area (Å²) in [4.78, 5) is 23.5. The Kier molecular flexibility index (Phi) is 5.35. The minimum atomic E-state index is -0.915. The van der Waals surface area contributed by atoms with Crippen molar-refractivity contribution >= 4 is 59.7 Å². The van der Waals surface area contributed by atoms with E-state index in [4.69, 9.17) is 14.4 Å². The number of phenolic OH excluding ortho intramolecular Hbond substituents is 1. The van der Waals surface area contributed by atoms with E-state index in [1.165, 1.54) is 0 Å². The van der Waals surface area contributed by atoms with Crippen molar-refractivity contribution in [2.75, 3.05) is 0 Å². The highest BCUT2D eigenvalue weighted by Gasteiger charge is 2.32. The molecule has 6 nitrogen and oxygen atoms in total. The number of hydrogen-bond donors (Lipinski definition) is 2. The Morgan fingerprint density at radius 3 is 1.92 bits per heavy atom. The lowest BCUT2D eigenvalue weighted by Gasteiger charge is -2.23. The summed E-state index contributed by atoms with van der Waals surface area (Å²) in [6, 6.07) is 29.2. The lowest BCUT2D eigenvalue weighted by Crippen LogP contribution is -2.16. The van der Waals surface area contributed by atoms with Crippen LogP contribution in [-0.4, -0.2) is 20.2 Å². The van der Waals surface area contributed by atoms with E-state index in [1.54, 1.807) is 24.3 Å². The van der Waals surface area contributed by atoms with Gasteiger partial charge in [-0.15, -0.1) is 0 Å². The monoisotopic (exact) mass is 574 g/mol. The molecule has 39 heavy (non-hydrogen) atoms. The first-order chi connectivity index (χ1) is 19.0. The summed E-state index contributed by atoms with van der Waals surface area (Å²) in [5.74, 6) is -1.16. The van der Waals surface area contributed by atoms with Crippen molar-refractivity contribution in [1.29, 1.82) is 0 Å². The third kappa shape index (κ3) is 3.66. The largest absolute Gasteiger partial charge is 0.507 e. The smallest absolute Gasteiger partial charge is 0.344 e. The fraction of sp³-hybridized carbons (Fsp3) is 0.0312. The predicted molar refractivity (Wildman–Crippen MR) is 155 cm³/mol. The van der Waals surface area contributed by atoms with Crippen LogP contribution in [0.25, 0.3) is 43.8 Å². The van der Waals surface area contributed by atoms with Gasteiger partial charge >= 0.3 is 5.63 Å². The number of hydrogen-bond acceptors (Lipinski definition) is 6. The number of para-hydroxylation sites is 3. The molecular formula is C32H19BrN2O4. The lowest BCUT2D eigenvalue weighted by molar-refractivity contribution is 0.451. The van der Waals surface area contributed by atoms with Crippen molar-refractivity contribution in [3.8, 4) is 11.5 Å². The summed E-state index contributed by atoms with van der Waals surface area (Å²) in [5, 5.41) is 25.1. The summed E-state index contributed by atoms with van der Waals surface area (Å²) in [6.07, 6.45) is 0. The molecule has 0 saturated carbocycles. The zero-order valence-corrected chi connectivity index (χ0v) is 21.9. The van der Waals surface area contributed by atoms with Gasteiger partial charge in [0, 0.05) is 20.8 Å². The molecular weight excluding hydrogens is 556 g/mol. The number of phenols is 1. The summed E-state index contributed by atoms with van der Waals surface area (Å²) in [6.45, 7) is 0. The summed E-state index contributed by atoms with van der Waals surface area (Å²) >= 11 is 3.48. The quantitative estimate of drug-likeness (QED) is 0.130. The Balaban J connectivity index is 1.69. The van der Waals surface area contributed by atoms with Gasteiger partial charge in [0.15, 0.2) is 0 Å². The van der Waals surface area contributed by atoms with Gasteiger partial charge in [-0.3, -0.25) is 0 Å². The number of rotatable bonds is 3. The van der Waals surface area contributed by atoms with E-state index < -0.39 is 11.5 Å². The van der Waals surface area contributed by atoms with Gasteiger partial charge < -0.3 is 14.6 Å². The van der Waals surface area contributed by atoms with Crippen molar-refractivity contribution < 1.29 is 14.6 Å². The molecule has 0 aliphatic carbocycles. The van der Waals surface area contributed by atoms with E-state index in [1.807, 2.05) is 72.8 Å². The van der Waals surface area contributed by atoms with Gasteiger partial charge in [-0.25, -0.2) is 14.8 Å². The molecule has 0 aliphatic heterocycles. The van der Waals surface area contributed by atoms with E-state index in [9.17, 15) is 15.0 Å². The summed E-state index contributed by atoms with van der Waals surface area (Å²) in [5.41, 5.74) is 2.99. The molecule has 7 aromatic rings. The zero-order chi connectivity index (χ0) is 26.7. The van der Waals surface area contributed by atoms with Crippen LogP contribution in [0.5, 0.6) is 11.5 Å². The third-order valence-electron chi connectivity index (χ3n) is 7.12. The Morgan fingerprint density at radius 1 is 0.641 bits per heavy atom. The van der Waals surface area contributed by atoms with Gasteiger partial charge in [-0.2, -0.15) is 0 Å². The number of benzene rings is 5. The van der Waals surface area contributed by atoms with Crippen LogP contribution in [0.15, 0.2) is 111 Å². The first-order valence-electron chi connectivity index (χ1n) is 12.3. The van der Waals surface area contributed by atoms with Crippen LogP contribution >= 0.6 is 15.9 Å². The van der Waals surface area contributed by atoms with Gasteiger partial charge in [-0.1, -0.05) is 76.6 Å². The minimum absolute atomic E-state index is 0.0119. The summed E-state index contributed by atoms with van der Waals surface area (Å²) in [7, 11) is 0. The molecule has 0 fully saturated rings. The van der Waals surface area contributed by atoms with E-state index in [2.05, 4.69) is 15.9 Å². The molecule has 1 unspecified atom stereocenters. The molecule has 2 N–H and O–H groups in total. The average Bonchev–Trinajstić information content (AvgIpc) is 2.96. The van der Waals surface area contributed by atoms with E-state index in [0.29, 0.717) is 44.0 Å². The van der Waals surface area contributed by atoms with Gasteiger partial charge in [0.2, 0.25) is 0 Å². The maximum Gasteiger partial charge on any atom is 0.344 e. The second-order valence-electron chi connectivity index (χ2n) is 9.35. The van der Waals surface area contributed by atoms with Gasteiger partial charge in [0.1, 0.15) is 17.1 Å². The van der Waals surface area contributed by atoms with Crippen LogP contribution in [-0.2, 0) is 0 Å². The van der Waals surface area contributed by atoms with Gasteiger partial charge in [-0.05, 0) is 42.0 Å². The first kappa shape index (κ1) is 23.4.